The first kappa shape index (κ1) is 2.11. The van der Waals surface area contributed by atoms with Crippen LogP contribution in [0.1, 0.15) is 6.85 Å². The maximum atomic E-state index is 9.15. The van der Waals surface area contributed by atoms with Crippen LogP contribution < -0.4 is 5.46 Å². The minimum absolute atomic E-state index is 0.434. The highest BCUT2D eigenvalue weighted by molar-refractivity contribution is 6.58. The molecule has 9 heavy (non-hydrogen) atoms. The van der Waals surface area contributed by atoms with Crippen LogP contribution in [0.4, 0.5) is 0 Å². The van der Waals surface area contributed by atoms with E-state index in [0.717, 1.165) is 0 Å². The van der Waals surface area contributed by atoms with Crippen molar-refractivity contribution in [2.75, 3.05) is 0 Å². The first-order valence-corrected chi connectivity index (χ1v) is 2.28. The van der Waals surface area contributed by atoms with Crippen LogP contribution in [0.3, 0.4) is 0 Å². The zero-order valence-corrected chi connectivity index (χ0v) is 4.43. The minimum atomic E-state index is -1.85. The topological polar surface area (TPSA) is 40.5 Å². The summed E-state index contributed by atoms with van der Waals surface area (Å²) in [6, 6.07) is -2.82. The van der Waals surface area contributed by atoms with Crippen molar-refractivity contribution in [3.8, 4) is 0 Å². The van der Waals surface area contributed by atoms with Crippen molar-refractivity contribution in [2.24, 2.45) is 0 Å². The molecule has 0 aliphatic heterocycles. The van der Waals surface area contributed by atoms with Crippen LogP contribution in [0.25, 0.3) is 0 Å². The monoisotopic (exact) mass is 128 g/mol. The highest BCUT2D eigenvalue weighted by Gasteiger charge is 2.07. The van der Waals surface area contributed by atoms with Crippen LogP contribution in [0.15, 0.2) is 30.2 Å². The lowest BCUT2D eigenvalue weighted by Crippen LogP contribution is -2.29. The van der Waals surface area contributed by atoms with Crippen molar-refractivity contribution in [3.63, 3.8) is 0 Å². The van der Waals surface area contributed by atoms with E-state index in [1.165, 1.54) is 0 Å². The predicted octanol–water partition coefficient (Wildman–Crippen LogP) is -0.634. The van der Waals surface area contributed by atoms with Gasteiger partial charge in [0, 0.05) is 0 Å². The van der Waals surface area contributed by atoms with Crippen molar-refractivity contribution in [2.45, 2.75) is 0 Å². The lowest BCUT2D eigenvalue weighted by molar-refractivity contribution is 0.426. The molecule has 0 unspecified atom stereocenters. The van der Waals surface area contributed by atoms with E-state index in [-0.39, 0.29) is 0 Å². The summed E-state index contributed by atoms with van der Waals surface area (Å²) in [6.07, 6.45) is 0. The molecule has 0 bridgehead atoms. The van der Waals surface area contributed by atoms with Crippen molar-refractivity contribution in [3.05, 3.63) is 30.2 Å². The van der Waals surface area contributed by atoms with Gasteiger partial charge < -0.3 is 10.1 Å². The molecule has 1 rings (SSSR count). The smallest absolute Gasteiger partial charge is 0.423 e. The molecular formula is C6H7BO2. The quantitative estimate of drug-likeness (QED) is 0.520. The Labute approximate surface area is 62.4 Å². The third-order valence-electron chi connectivity index (χ3n) is 0.766. The molecule has 1 aromatic carbocycles. The van der Waals surface area contributed by atoms with Crippen molar-refractivity contribution >= 4 is 12.6 Å². The van der Waals surface area contributed by atoms with Crippen molar-refractivity contribution < 1.29 is 16.9 Å². The molecule has 1 aromatic rings. The Hall–Kier alpha value is -0.795. The molecule has 0 saturated heterocycles. The Kier molecular flexibility index (Phi) is 0.625. The molecule has 0 heterocycles. The summed E-state index contributed by atoms with van der Waals surface area (Å²) < 4.78 is 43.0. The third kappa shape index (κ3) is 1.55. The molecule has 0 fully saturated rings. The van der Waals surface area contributed by atoms with Gasteiger partial charge in [-0.15, -0.1) is 0 Å². The van der Waals surface area contributed by atoms with Gasteiger partial charge in [0.05, 0.1) is 6.85 Å². The van der Waals surface area contributed by atoms with E-state index >= 15 is 0 Å². The second-order valence-electron chi connectivity index (χ2n) is 1.39. The van der Waals surface area contributed by atoms with E-state index in [1.54, 1.807) is 0 Å². The lowest BCUT2D eigenvalue weighted by atomic mass is 9.81. The molecule has 0 radical (unpaired) electrons. The summed E-state index contributed by atoms with van der Waals surface area (Å²) in [5.41, 5.74) is -0.434. The van der Waals surface area contributed by atoms with Gasteiger partial charge in [0.15, 0.2) is 1.43 Å². The van der Waals surface area contributed by atoms with Crippen molar-refractivity contribution in [1.29, 1.82) is 1.43 Å². The van der Waals surface area contributed by atoms with Crippen LogP contribution in [-0.2, 0) is 0 Å². The average Bonchev–Trinajstić information content (AvgIpc) is 2.23. The van der Waals surface area contributed by atoms with E-state index < -0.39 is 42.8 Å². The maximum absolute atomic E-state index is 9.15. The summed E-state index contributed by atoms with van der Waals surface area (Å²) in [6.45, 7) is 0. The van der Waals surface area contributed by atoms with Gasteiger partial charge >= 0.3 is 7.12 Å². The molecule has 0 spiro atoms. The molecular weight excluding hydrogens is 115 g/mol. The molecule has 0 aliphatic rings. The Morgan fingerprint density at radius 1 is 1.44 bits per heavy atom. The molecule has 0 amide bonds. The number of hydrogen-bond donors (Lipinski definition) is 2. The fourth-order valence-electron chi connectivity index (χ4n) is 0.383. The fraction of sp³-hybridized carbons (Fsp3) is 0. The summed E-state index contributed by atoms with van der Waals surface area (Å²) in [5.74, 6) is 0. The zero-order chi connectivity index (χ0) is 11.7. The van der Waals surface area contributed by atoms with Crippen LogP contribution in [0, 0.1) is 0 Å². The third-order valence-corrected chi connectivity index (χ3v) is 0.766. The predicted molar refractivity (Wildman–Crippen MR) is 36.3 cm³/mol. The molecule has 0 aromatic heterocycles. The van der Waals surface area contributed by atoms with Crippen LogP contribution in [0.5, 0.6) is 0 Å². The van der Waals surface area contributed by atoms with Crippen molar-refractivity contribution in [1.82, 2.24) is 0 Å². The van der Waals surface area contributed by atoms with Gasteiger partial charge in [0.25, 0.3) is 0 Å². The van der Waals surface area contributed by atoms with Gasteiger partial charge in [-0.05, 0) is 5.46 Å². The number of hydrogen-bond acceptors (Lipinski definition) is 2. The second kappa shape index (κ2) is 2.66. The van der Waals surface area contributed by atoms with E-state index in [0.29, 0.717) is 0 Å². The molecule has 0 atom stereocenters. The second-order valence-corrected chi connectivity index (χ2v) is 1.39. The molecule has 2 N–H and O–H groups in total. The maximum Gasteiger partial charge on any atom is 0.488 e. The standard InChI is InChI=1S/C6H7BO2/c8-7(9)6-4-2-1-3-5-6/h1-5,8-9H/i1D,2D,3D,4D,5D,8D. The first-order chi connectivity index (χ1) is 6.91. The Bertz CT molecular complexity index is 369. The highest BCUT2D eigenvalue weighted by Crippen LogP contribution is 1.82. The summed E-state index contributed by atoms with van der Waals surface area (Å²) in [7, 11) is -1.85. The fourth-order valence-corrected chi connectivity index (χ4v) is 0.383. The molecule has 46 valence electrons. The number of rotatable bonds is 2. The largest absolute Gasteiger partial charge is 0.488 e. The molecule has 0 saturated carbocycles. The lowest BCUT2D eigenvalue weighted by Gasteiger charge is -1.94. The molecule has 3 heteroatoms. The Morgan fingerprint density at radius 2 is 2.11 bits per heavy atom. The Balaban J connectivity index is 3.52. The first-order valence-electron chi connectivity index (χ1n) is 5.19. The summed E-state index contributed by atoms with van der Waals surface area (Å²) in [4.78, 5) is 0. The van der Waals surface area contributed by atoms with E-state index in [9.17, 15) is 0 Å². The van der Waals surface area contributed by atoms with Crippen LogP contribution in [-0.4, -0.2) is 18.6 Å². The minimum Gasteiger partial charge on any atom is -0.423 e. The number of benzene rings is 1. The van der Waals surface area contributed by atoms with E-state index in [1.807, 2.05) is 0 Å². The van der Waals surface area contributed by atoms with E-state index in [4.69, 9.17) is 13.3 Å². The highest BCUT2D eigenvalue weighted by atomic mass is 16.4. The van der Waals surface area contributed by atoms with Gasteiger partial charge in [-0.2, -0.15) is 0 Å². The average molecular weight is 128 g/mol. The Morgan fingerprint density at radius 3 is 2.67 bits per heavy atom. The van der Waals surface area contributed by atoms with Gasteiger partial charge in [-0.3, -0.25) is 0 Å². The molecule has 2 nitrogen and oxygen atoms in total. The normalized spacial score (nSPS) is 18.3. The van der Waals surface area contributed by atoms with Crippen LogP contribution >= 0.6 is 0 Å². The SMILES string of the molecule is [2H]OB(O)c1c([2H])c([2H])c([2H])c([2H])c1[2H]. The zero-order valence-electron chi connectivity index (χ0n) is 10.4. The van der Waals surface area contributed by atoms with Gasteiger partial charge in [0.2, 0.25) is 0 Å². The summed E-state index contributed by atoms with van der Waals surface area (Å²) >= 11 is 0. The van der Waals surface area contributed by atoms with Crippen LogP contribution in [0.2, 0.25) is 0 Å². The van der Waals surface area contributed by atoms with Gasteiger partial charge in [-0.1, -0.05) is 30.2 Å². The summed E-state index contributed by atoms with van der Waals surface area (Å²) in [5, 5.41) is 12.9. The van der Waals surface area contributed by atoms with Gasteiger partial charge in [-0.25, -0.2) is 0 Å². The van der Waals surface area contributed by atoms with E-state index in [2.05, 4.69) is 5.03 Å². The molecule has 0 aliphatic carbocycles. The van der Waals surface area contributed by atoms with Gasteiger partial charge in [0.1, 0.15) is 0 Å².